The van der Waals surface area contributed by atoms with Gasteiger partial charge in [0.2, 0.25) is 0 Å². The minimum Gasteiger partial charge on any atom is -0.426 e. The summed E-state index contributed by atoms with van der Waals surface area (Å²) in [5.74, 6) is -0.747. The van der Waals surface area contributed by atoms with E-state index in [9.17, 15) is 19.1 Å². The van der Waals surface area contributed by atoms with Gasteiger partial charge in [0.05, 0.1) is 15.7 Å². The molecule has 0 saturated heterocycles. The molecule has 120 valence electrons. The highest BCUT2D eigenvalue weighted by atomic mass is 32.2. The maximum Gasteiger partial charge on any atom is 0.324 e. The Morgan fingerprint density at radius 2 is 1.91 bits per heavy atom. The summed E-state index contributed by atoms with van der Waals surface area (Å²) in [5.41, 5.74) is 1.43. The summed E-state index contributed by atoms with van der Waals surface area (Å²) >= 11 is 0. The number of esters is 1. The van der Waals surface area contributed by atoms with Gasteiger partial charge in [0, 0.05) is 6.07 Å². The monoisotopic (exact) mass is 333 g/mol. The molecule has 0 fully saturated rings. The molecule has 0 aromatic heterocycles. The van der Waals surface area contributed by atoms with E-state index in [1.165, 1.54) is 24.3 Å². The molecule has 2 aromatic rings. The lowest BCUT2D eigenvalue weighted by Crippen LogP contribution is -2.18. The first-order valence-electron chi connectivity index (χ1n) is 6.78. The van der Waals surface area contributed by atoms with E-state index < -0.39 is 27.4 Å². The molecule has 7 heteroatoms. The molecule has 23 heavy (non-hydrogen) atoms. The molecule has 0 aliphatic heterocycles. The highest BCUT2D eigenvalue weighted by molar-refractivity contribution is 7.85. The van der Waals surface area contributed by atoms with Crippen molar-refractivity contribution >= 4 is 22.5 Å². The lowest BCUT2D eigenvalue weighted by Gasteiger charge is -2.08. The number of rotatable bonds is 5. The highest BCUT2D eigenvalue weighted by Gasteiger charge is 2.21. The normalized spacial score (nSPS) is 11.7. The number of para-hydroxylation sites is 1. The second kappa shape index (κ2) is 7.15. The zero-order valence-electron chi connectivity index (χ0n) is 12.6. The van der Waals surface area contributed by atoms with Crippen LogP contribution in [0.4, 0.5) is 5.69 Å². The molecule has 0 aliphatic carbocycles. The standard InChI is InChI=1S/C16H15NO5S/c1-11-7-8-12(2)14(9-11)22-16(18)10-23(21)15-6-4-3-5-13(15)17(19)20/h3-9H,10H2,1-2H3. The minimum atomic E-state index is -1.85. The molecule has 2 rings (SSSR count). The van der Waals surface area contributed by atoms with E-state index in [1.807, 2.05) is 19.1 Å². The maximum absolute atomic E-state index is 12.2. The Morgan fingerprint density at radius 1 is 1.22 bits per heavy atom. The fraction of sp³-hybridized carbons (Fsp3) is 0.188. The van der Waals surface area contributed by atoms with Crippen molar-refractivity contribution in [3.05, 3.63) is 63.7 Å². The van der Waals surface area contributed by atoms with Gasteiger partial charge in [-0.05, 0) is 37.1 Å². The minimum absolute atomic E-state index is 0.00964. The van der Waals surface area contributed by atoms with Crippen LogP contribution in [0.1, 0.15) is 11.1 Å². The van der Waals surface area contributed by atoms with Gasteiger partial charge >= 0.3 is 5.97 Å². The van der Waals surface area contributed by atoms with Gasteiger partial charge < -0.3 is 4.74 Å². The number of hydrogen-bond donors (Lipinski definition) is 0. The molecule has 0 bridgehead atoms. The SMILES string of the molecule is Cc1ccc(C)c(OC(=O)CS(=O)c2ccccc2[N+](=O)[O-])c1. The third kappa shape index (κ3) is 4.23. The Hall–Kier alpha value is -2.54. The molecule has 0 spiro atoms. The number of aryl methyl sites for hydroxylation is 2. The lowest BCUT2D eigenvalue weighted by molar-refractivity contribution is -0.387. The number of carbonyl (C=O) groups is 1. The van der Waals surface area contributed by atoms with Crippen LogP contribution in [0, 0.1) is 24.0 Å². The molecule has 2 aromatic carbocycles. The van der Waals surface area contributed by atoms with Crippen molar-refractivity contribution in [2.24, 2.45) is 0 Å². The van der Waals surface area contributed by atoms with E-state index in [0.717, 1.165) is 11.1 Å². The summed E-state index contributed by atoms with van der Waals surface area (Å²) in [4.78, 5) is 22.3. The van der Waals surface area contributed by atoms with Crippen LogP contribution in [0.25, 0.3) is 0 Å². The molecule has 0 heterocycles. The van der Waals surface area contributed by atoms with Crippen molar-refractivity contribution in [1.82, 2.24) is 0 Å². The van der Waals surface area contributed by atoms with Gasteiger partial charge in [0.15, 0.2) is 0 Å². The Balaban J connectivity index is 2.13. The molecule has 0 N–H and O–H groups in total. The molecule has 0 amide bonds. The van der Waals surface area contributed by atoms with E-state index in [1.54, 1.807) is 13.0 Å². The van der Waals surface area contributed by atoms with Crippen LogP contribution in [-0.2, 0) is 15.6 Å². The maximum atomic E-state index is 12.2. The Kier molecular flexibility index (Phi) is 5.23. The van der Waals surface area contributed by atoms with Crippen LogP contribution >= 0.6 is 0 Å². The molecule has 0 saturated carbocycles. The largest absolute Gasteiger partial charge is 0.426 e. The van der Waals surface area contributed by atoms with E-state index in [-0.39, 0.29) is 10.6 Å². The van der Waals surface area contributed by atoms with E-state index >= 15 is 0 Å². The van der Waals surface area contributed by atoms with Crippen molar-refractivity contribution in [2.75, 3.05) is 5.75 Å². The Labute approximate surface area is 135 Å². The van der Waals surface area contributed by atoms with Crippen molar-refractivity contribution < 1.29 is 18.7 Å². The average Bonchev–Trinajstić information content (AvgIpc) is 2.50. The van der Waals surface area contributed by atoms with Crippen LogP contribution in [-0.4, -0.2) is 20.9 Å². The summed E-state index contributed by atoms with van der Waals surface area (Å²) in [6.07, 6.45) is 0. The first-order valence-corrected chi connectivity index (χ1v) is 8.10. The van der Waals surface area contributed by atoms with Crippen LogP contribution in [0.5, 0.6) is 5.75 Å². The smallest absolute Gasteiger partial charge is 0.324 e. The zero-order chi connectivity index (χ0) is 17.0. The van der Waals surface area contributed by atoms with Gasteiger partial charge in [-0.15, -0.1) is 0 Å². The zero-order valence-corrected chi connectivity index (χ0v) is 13.5. The number of nitrogens with zero attached hydrogens (tertiary/aromatic N) is 1. The number of ether oxygens (including phenoxy) is 1. The predicted molar refractivity (Wildman–Crippen MR) is 85.9 cm³/mol. The molecule has 1 unspecified atom stereocenters. The van der Waals surface area contributed by atoms with Crippen molar-refractivity contribution in [3.63, 3.8) is 0 Å². The third-order valence-corrected chi connectivity index (χ3v) is 4.46. The van der Waals surface area contributed by atoms with Crippen LogP contribution in [0.3, 0.4) is 0 Å². The number of carbonyl (C=O) groups excluding carboxylic acids is 1. The van der Waals surface area contributed by atoms with Crippen molar-refractivity contribution in [2.45, 2.75) is 18.7 Å². The van der Waals surface area contributed by atoms with Gasteiger partial charge in [-0.1, -0.05) is 24.3 Å². The fourth-order valence-electron chi connectivity index (χ4n) is 1.95. The average molecular weight is 333 g/mol. The number of nitro benzene ring substituents is 1. The number of benzene rings is 2. The summed E-state index contributed by atoms with van der Waals surface area (Å²) in [6, 6.07) is 11.1. The van der Waals surface area contributed by atoms with Gasteiger partial charge in [-0.3, -0.25) is 19.1 Å². The summed E-state index contributed by atoms with van der Waals surface area (Å²) in [7, 11) is -1.85. The Bertz CT molecular complexity index is 788. The topological polar surface area (TPSA) is 86.5 Å². The van der Waals surface area contributed by atoms with Crippen molar-refractivity contribution in [1.29, 1.82) is 0 Å². The van der Waals surface area contributed by atoms with Crippen molar-refractivity contribution in [3.8, 4) is 5.75 Å². The molecule has 6 nitrogen and oxygen atoms in total. The first kappa shape index (κ1) is 16.8. The van der Waals surface area contributed by atoms with Crippen LogP contribution < -0.4 is 4.74 Å². The highest BCUT2D eigenvalue weighted by Crippen LogP contribution is 2.23. The molecule has 0 aliphatic rings. The second-order valence-electron chi connectivity index (χ2n) is 4.96. The predicted octanol–water partition coefficient (Wildman–Crippen LogP) is 2.92. The van der Waals surface area contributed by atoms with E-state index in [0.29, 0.717) is 5.75 Å². The molecule has 1 atom stereocenters. The van der Waals surface area contributed by atoms with Crippen LogP contribution in [0.2, 0.25) is 0 Å². The second-order valence-corrected chi connectivity index (χ2v) is 6.38. The van der Waals surface area contributed by atoms with E-state index in [2.05, 4.69) is 0 Å². The van der Waals surface area contributed by atoms with Gasteiger partial charge in [0.25, 0.3) is 5.69 Å². The van der Waals surface area contributed by atoms with E-state index in [4.69, 9.17) is 4.74 Å². The van der Waals surface area contributed by atoms with Gasteiger partial charge in [0.1, 0.15) is 16.4 Å². The molecular formula is C16H15NO5S. The molecule has 0 radical (unpaired) electrons. The summed E-state index contributed by atoms with van der Waals surface area (Å²) < 4.78 is 17.4. The first-order chi connectivity index (χ1) is 10.9. The quantitative estimate of drug-likeness (QED) is 0.363. The van der Waals surface area contributed by atoms with Crippen LogP contribution in [0.15, 0.2) is 47.4 Å². The number of nitro groups is 1. The summed E-state index contributed by atoms with van der Waals surface area (Å²) in [5, 5.41) is 10.9. The summed E-state index contributed by atoms with van der Waals surface area (Å²) in [6.45, 7) is 3.66. The number of hydrogen-bond acceptors (Lipinski definition) is 5. The lowest BCUT2D eigenvalue weighted by atomic mass is 10.1. The van der Waals surface area contributed by atoms with Gasteiger partial charge in [-0.2, -0.15) is 0 Å². The molecular weight excluding hydrogens is 318 g/mol. The third-order valence-electron chi connectivity index (χ3n) is 3.12. The Morgan fingerprint density at radius 3 is 2.61 bits per heavy atom. The fourth-order valence-corrected chi connectivity index (χ4v) is 2.99. The van der Waals surface area contributed by atoms with Gasteiger partial charge in [-0.25, -0.2) is 0 Å².